The Kier molecular flexibility index (Phi) is 4.34. The van der Waals surface area contributed by atoms with Crippen molar-refractivity contribution in [2.45, 2.75) is 18.4 Å². The van der Waals surface area contributed by atoms with E-state index in [9.17, 15) is 13.6 Å². The molecule has 1 fully saturated rings. The summed E-state index contributed by atoms with van der Waals surface area (Å²) in [5.41, 5.74) is 1.56. The lowest BCUT2D eigenvalue weighted by Gasteiger charge is -2.37. The van der Waals surface area contributed by atoms with E-state index in [0.29, 0.717) is 16.9 Å². The lowest BCUT2D eigenvalue weighted by molar-refractivity contribution is -0.131. The Hall–Kier alpha value is -3.55. The third-order valence-corrected chi connectivity index (χ3v) is 5.32. The average Bonchev–Trinajstić information content (AvgIpc) is 3.19. The van der Waals surface area contributed by atoms with Gasteiger partial charge in [0.05, 0.1) is 12.1 Å². The highest BCUT2D eigenvalue weighted by Crippen LogP contribution is 2.32. The largest absolute Gasteiger partial charge is 0.466 e. The van der Waals surface area contributed by atoms with Gasteiger partial charge in [0.1, 0.15) is 11.3 Å². The first-order chi connectivity index (χ1) is 14.5. The summed E-state index contributed by atoms with van der Waals surface area (Å²) >= 11 is 0. The van der Waals surface area contributed by atoms with Crippen LogP contribution in [0.1, 0.15) is 16.9 Å². The number of nitrogens with one attached hydrogen (secondary N) is 1. The molecule has 3 aromatic heterocycles. The molecule has 0 bridgehead atoms. The monoisotopic (exact) mass is 408 g/mol. The van der Waals surface area contributed by atoms with E-state index in [-0.39, 0.29) is 24.9 Å². The number of aromatic nitrogens is 3. The summed E-state index contributed by atoms with van der Waals surface area (Å²) in [6.07, 6.45) is -0.337. The molecule has 0 aliphatic carbocycles. The number of halogens is 2. The standard InChI is InChI=1S/C22H18F2N4O2/c23-22(24)9-11-28(21(29)17-12-15-5-3-10-25-20(15)27-17)13-18(22)30-19-8-7-14-4-1-2-6-16(14)26-19/h1-8,10,12,18H,9,11,13H2,(H,25,27)/t18-/m0/s1. The fourth-order valence-corrected chi connectivity index (χ4v) is 3.68. The van der Waals surface area contributed by atoms with Crippen molar-refractivity contribution in [2.75, 3.05) is 13.1 Å². The van der Waals surface area contributed by atoms with Crippen LogP contribution in [0.4, 0.5) is 8.78 Å². The number of carbonyl (C=O) groups excluding carboxylic acids is 1. The summed E-state index contributed by atoms with van der Waals surface area (Å²) in [5.74, 6) is -3.31. The van der Waals surface area contributed by atoms with Crippen molar-refractivity contribution in [3.8, 4) is 5.88 Å². The van der Waals surface area contributed by atoms with Crippen molar-refractivity contribution >= 4 is 27.8 Å². The van der Waals surface area contributed by atoms with Gasteiger partial charge in [-0.25, -0.2) is 18.7 Å². The van der Waals surface area contributed by atoms with E-state index < -0.39 is 18.4 Å². The molecule has 0 spiro atoms. The number of carbonyl (C=O) groups is 1. The van der Waals surface area contributed by atoms with Crippen molar-refractivity contribution in [2.24, 2.45) is 0 Å². The highest BCUT2D eigenvalue weighted by atomic mass is 19.3. The summed E-state index contributed by atoms with van der Waals surface area (Å²) in [5, 5.41) is 1.68. The predicted molar refractivity (Wildman–Crippen MR) is 108 cm³/mol. The smallest absolute Gasteiger partial charge is 0.287 e. The lowest BCUT2D eigenvalue weighted by atomic mass is 10.0. The van der Waals surface area contributed by atoms with Crippen LogP contribution in [-0.4, -0.2) is 50.9 Å². The van der Waals surface area contributed by atoms with Crippen LogP contribution < -0.4 is 4.74 Å². The van der Waals surface area contributed by atoms with Crippen LogP contribution in [0.5, 0.6) is 5.88 Å². The minimum Gasteiger partial charge on any atom is -0.466 e. The molecule has 1 N–H and O–H groups in total. The second kappa shape index (κ2) is 7.05. The van der Waals surface area contributed by atoms with Gasteiger partial charge >= 0.3 is 0 Å². The van der Waals surface area contributed by atoms with E-state index in [4.69, 9.17) is 4.74 Å². The van der Waals surface area contributed by atoms with E-state index in [2.05, 4.69) is 15.0 Å². The molecule has 6 nitrogen and oxygen atoms in total. The Bertz CT molecular complexity index is 1210. The number of H-pyrrole nitrogens is 1. The molecular weight excluding hydrogens is 390 g/mol. The van der Waals surface area contributed by atoms with E-state index >= 15 is 0 Å². The van der Waals surface area contributed by atoms with Crippen LogP contribution in [0, 0.1) is 0 Å². The number of ether oxygens (including phenoxy) is 1. The van der Waals surface area contributed by atoms with Gasteiger partial charge < -0.3 is 14.6 Å². The van der Waals surface area contributed by atoms with Crippen LogP contribution in [0.15, 0.2) is 60.8 Å². The van der Waals surface area contributed by atoms with Crippen molar-refractivity contribution < 1.29 is 18.3 Å². The molecule has 1 aliphatic rings. The number of hydrogen-bond acceptors (Lipinski definition) is 4. The van der Waals surface area contributed by atoms with Crippen molar-refractivity contribution in [3.63, 3.8) is 0 Å². The highest BCUT2D eigenvalue weighted by molar-refractivity contribution is 5.97. The first-order valence-corrected chi connectivity index (χ1v) is 9.63. The number of pyridine rings is 2. The van der Waals surface area contributed by atoms with Crippen molar-refractivity contribution in [1.29, 1.82) is 0 Å². The quantitative estimate of drug-likeness (QED) is 0.555. The summed E-state index contributed by atoms with van der Waals surface area (Å²) in [6, 6.07) is 16.0. The van der Waals surface area contributed by atoms with Gasteiger partial charge in [-0.2, -0.15) is 0 Å². The number of alkyl halides is 2. The topological polar surface area (TPSA) is 71.1 Å². The molecule has 5 rings (SSSR count). The molecular formula is C22H18F2N4O2. The Balaban J connectivity index is 1.38. The number of rotatable bonds is 3. The number of piperidine rings is 1. The molecule has 0 saturated carbocycles. The van der Waals surface area contributed by atoms with Crippen LogP contribution in [-0.2, 0) is 0 Å². The number of benzene rings is 1. The number of aromatic amines is 1. The average molecular weight is 408 g/mol. The predicted octanol–water partition coefficient (Wildman–Crippen LogP) is 4.04. The number of likely N-dealkylation sites (tertiary alicyclic amines) is 1. The maximum atomic E-state index is 14.6. The van der Waals surface area contributed by atoms with Crippen molar-refractivity contribution in [3.05, 3.63) is 66.5 Å². The zero-order valence-corrected chi connectivity index (χ0v) is 15.9. The Labute approximate surface area is 170 Å². The summed E-state index contributed by atoms with van der Waals surface area (Å²) in [6.45, 7) is -0.289. The molecule has 1 aromatic carbocycles. The first kappa shape index (κ1) is 18.5. The second-order valence-corrected chi connectivity index (χ2v) is 7.34. The fourth-order valence-electron chi connectivity index (χ4n) is 3.68. The molecule has 0 radical (unpaired) electrons. The van der Waals surface area contributed by atoms with Gasteiger partial charge in [-0.1, -0.05) is 18.2 Å². The van der Waals surface area contributed by atoms with Crippen LogP contribution in [0.2, 0.25) is 0 Å². The molecule has 152 valence electrons. The molecule has 30 heavy (non-hydrogen) atoms. The van der Waals surface area contributed by atoms with Gasteiger partial charge in [-0.05, 0) is 30.3 Å². The molecule has 1 saturated heterocycles. The molecule has 1 amide bonds. The lowest BCUT2D eigenvalue weighted by Crippen LogP contribution is -2.55. The van der Waals surface area contributed by atoms with E-state index in [0.717, 1.165) is 10.8 Å². The first-order valence-electron chi connectivity index (χ1n) is 9.63. The van der Waals surface area contributed by atoms with Gasteiger partial charge in [0, 0.05) is 36.0 Å². The molecule has 4 aromatic rings. The van der Waals surface area contributed by atoms with E-state index in [1.165, 1.54) is 4.90 Å². The molecule has 4 heterocycles. The third-order valence-electron chi connectivity index (χ3n) is 5.32. The van der Waals surface area contributed by atoms with Crippen LogP contribution in [0.25, 0.3) is 21.9 Å². The number of amides is 1. The highest BCUT2D eigenvalue weighted by Gasteiger charge is 2.47. The Morgan fingerprint density at radius 1 is 1.13 bits per heavy atom. The minimum atomic E-state index is -3.06. The normalized spacial score (nSPS) is 18.6. The number of nitrogens with zero attached hydrogens (tertiary/aromatic N) is 3. The van der Waals surface area contributed by atoms with Gasteiger partial charge in [-0.3, -0.25) is 4.79 Å². The van der Waals surface area contributed by atoms with E-state index in [1.807, 2.05) is 24.3 Å². The van der Waals surface area contributed by atoms with Crippen molar-refractivity contribution in [1.82, 2.24) is 19.9 Å². The zero-order chi connectivity index (χ0) is 20.7. The molecule has 0 unspecified atom stereocenters. The van der Waals surface area contributed by atoms with Gasteiger partial charge in [-0.15, -0.1) is 0 Å². The number of fused-ring (bicyclic) bond motifs is 2. The zero-order valence-electron chi connectivity index (χ0n) is 15.9. The van der Waals surface area contributed by atoms with Gasteiger partial charge in [0.2, 0.25) is 5.88 Å². The maximum Gasteiger partial charge on any atom is 0.287 e. The summed E-state index contributed by atoms with van der Waals surface area (Å²) in [7, 11) is 0. The third kappa shape index (κ3) is 3.34. The van der Waals surface area contributed by atoms with Crippen LogP contribution in [0.3, 0.4) is 0 Å². The molecule has 1 atom stereocenters. The second-order valence-electron chi connectivity index (χ2n) is 7.34. The Morgan fingerprint density at radius 3 is 2.83 bits per heavy atom. The molecule has 8 heteroatoms. The summed E-state index contributed by atoms with van der Waals surface area (Å²) < 4.78 is 34.7. The van der Waals surface area contributed by atoms with Crippen LogP contribution >= 0.6 is 0 Å². The number of hydrogen-bond donors (Lipinski definition) is 1. The molecule has 1 aliphatic heterocycles. The van der Waals surface area contributed by atoms with Gasteiger partial charge in [0.25, 0.3) is 11.8 Å². The maximum absolute atomic E-state index is 14.6. The van der Waals surface area contributed by atoms with E-state index in [1.54, 1.807) is 36.5 Å². The van der Waals surface area contributed by atoms with Gasteiger partial charge in [0.15, 0.2) is 6.10 Å². The summed E-state index contributed by atoms with van der Waals surface area (Å²) in [4.78, 5) is 25.7. The SMILES string of the molecule is O=C(c1cc2cccnc2[nH]1)N1CCC(F)(F)[C@@H](Oc2ccc3ccccc3n2)C1. The number of para-hydroxylation sites is 1. The fraction of sp³-hybridized carbons (Fsp3) is 0.227. The Morgan fingerprint density at radius 2 is 1.97 bits per heavy atom. The minimum absolute atomic E-state index is 0.0559.